The summed E-state index contributed by atoms with van der Waals surface area (Å²) in [5.41, 5.74) is 6.55. The van der Waals surface area contributed by atoms with Crippen LogP contribution in [0.4, 0.5) is 0 Å². The standard InChI is InChI=1S/C56H52Cl3IO14S2/c1-37-13-9-17-53(41(37)5)75(73-58(64,65)66,54-18-10-14-38(2)42(54)6)51-33-29-49(30-34-51)70-47-25-21-45(22-26-47)60(72-57(61,62)63)46-23-27-48(28-24-46)71-50-31-35-52(36-32-50)76(74-59(67,68)69,55-19-11-15-39(3)43(55)7)56-20-12-16-40(4)44(56)8/h9-36H,1-8H3. The molecular formula is C56H52Cl3IO14S2. The van der Waals surface area contributed by atoms with Gasteiger partial charge < -0.3 is 0 Å². The molecule has 0 spiro atoms. The average molecular weight is 1250 g/mol. The van der Waals surface area contributed by atoms with Crippen LogP contribution >= 0.6 is 40.9 Å². The molecule has 8 aromatic carbocycles. The van der Waals surface area contributed by atoms with Crippen molar-refractivity contribution in [1.29, 1.82) is 0 Å². The fraction of sp³-hybridized carbons (Fsp3) is 0.143. The summed E-state index contributed by atoms with van der Waals surface area (Å²) in [7, 11) is -21.1. The molecule has 76 heavy (non-hydrogen) atoms. The molecule has 0 saturated heterocycles. The Bertz CT molecular complexity index is 3030. The third kappa shape index (κ3) is 12.5. The topological polar surface area (TPSA) is 254 Å². The minimum atomic E-state index is -4.93. The van der Waals surface area contributed by atoms with Gasteiger partial charge in [0.25, 0.3) is 0 Å². The number of aryl methyl sites for hydroxylation is 4. The Morgan fingerprint density at radius 2 is 0.566 bits per heavy atom. The van der Waals surface area contributed by atoms with Crippen LogP contribution in [0, 0.1) is 93.3 Å². The first-order valence-corrected chi connectivity index (χ1v) is 32.9. The van der Waals surface area contributed by atoms with Gasteiger partial charge in [0.15, 0.2) is 0 Å². The Morgan fingerprint density at radius 1 is 0.316 bits per heavy atom. The van der Waals surface area contributed by atoms with Crippen molar-refractivity contribution in [2.24, 2.45) is 0 Å². The zero-order valence-corrected chi connectivity index (χ0v) is 48.3. The molecule has 0 aliphatic carbocycles. The van der Waals surface area contributed by atoms with Crippen molar-refractivity contribution in [3.63, 3.8) is 0 Å². The maximum atomic E-state index is 12.7. The van der Waals surface area contributed by atoms with Crippen molar-refractivity contribution < 1.29 is 92.2 Å². The predicted molar refractivity (Wildman–Crippen MR) is 269 cm³/mol. The molecule has 0 aromatic heterocycles. The molecule has 0 unspecified atom stereocenters. The molecule has 0 atom stereocenters. The van der Waals surface area contributed by atoms with Gasteiger partial charge in [-0.05, 0) is 77.6 Å². The molecule has 0 N–H and O–H groups in total. The first kappa shape index (κ1) is 57.4. The Hall–Kier alpha value is -4.82. The van der Waals surface area contributed by atoms with Gasteiger partial charge in [0.05, 0.1) is 0 Å². The van der Waals surface area contributed by atoms with E-state index in [1.807, 2.05) is 79.7 Å². The summed E-state index contributed by atoms with van der Waals surface area (Å²) in [5, 5.41) is 0. The third-order valence-corrected chi connectivity index (χ3v) is 27.8. The Kier molecular flexibility index (Phi) is 17.3. The van der Waals surface area contributed by atoms with Crippen molar-refractivity contribution >= 4 is 40.9 Å². The number of rotatable bonds is 18. The van der Waals surface area contributed by atoms with Gasteiger partial charge in [-0.15, -0.1) is 0 Å². The van der Waals surface area contributed by atoms with Crippen molar-refractivity contribution in [3.8, 4) is 23.0 Å². The van der Waals surface area contributed by atoms with Crippen LogP contribution in [-0.4, -0.2) is 0 Å². The van der Waals surface area contributed by atoms with E-state index in [4.69, 9.17) is 19.6 Å². The molecule has 0 amide bonds. The summed E-state index contributed by atoms with van der Waals surface area (Å²) in [5.74, 6) is 1.37. The second kappa shape index (κ2) is 22.9. The molecule has 0 fully saturated rings. The molecule has 0 radical (unpaired) electrons. The third-order valence-electron chi connectivity index (χ3n) is 12.7. The first-order valence-electron chi connectivity index (χ1n) is 23.0. The fourth-order valence-electron chi connectivity index (χ4n) is 8.50. The molecule has 20 heteroatoms. The van der Waals surface area contributed by atoms with Crippen LogP contribution in [0.1, 0.15) is 44.5 Å². The monoisotopic (exact) mass is 1240 g/mol. The molecule has 0 aliphatic heterocycles. The summed E-state index contributed by atoms with van der Waals surface area (Å²) in [6, 6.07) is 47.8. The van der Waals surface area contributed by atoms with Crippen molar-refractivity contribution in [2.45, 2.75) is 84.8 Å². The van der Waals surface area contributed by atoms with Gasteiger partial charge in [0.1, 0.15) is 0 Å². The van der Waals surface area contributed by atoms with E-state index in [2.05, 4.69) is 0 Å². The van der Waals surface area contributed by atoms with Gasteiger partial charge >= 0.3 is 308 Å². The number of benzene rings is 8. The van der Waals surface area contributed by atoms with Gasteiger partial charge in [-0.1, -0.05) is 48.5 Å². The SMILES string of the molecule is Cc1cccc(S(O[Cl+3]([O-])([O-])[O-])(c2ccc(Oc3ccc(I(O[Cl+3]([O-])([O-])[O-])c4ccc(Oc5ccc(S(O[Cl+3]([O-])([O-])[O-])(c6cccc(C)c6C)c6cccc(C)c6C)cc5)cc4)cc3)cc2)c2cccc(C)c2C)c1C. The summed E-state index contributed by atoms with van der Waals surface area (Å²) >= 11 is -3.46. The van der Waals surface area contributed by atoms with Crippen molar-refractivity contribution in [3.05, 3.63) is 222 Å². The second-order valence-corrected chi connectivity index (χ2v) is 30.8. The van der Waals surface area contributed by atoms with E-state index in [9.17, 15) is 41.9 Å². The smallest absolute Gasteiger partial charge is 0.0608 e. The number of hydrogen-bond donors (Lipinski definition) is 0. The van der Waals surface area contributed by atoms with Crippen LogP contribution in [0.25, 0.3) is 0 Å². The number of ether oxygens (including phenoxy) is 2. The van der Waals surface area contributed by atoms with Crippen molar-refractivity contribution in [2.75, 3.05) is 0 Å². The molecule has 8 rings (SSSR count). The van der Waals surface area contributed by atoms with Gasteiger partial charge in [-0.3, -0.25) is 0 Å². The summed E-state index contributed by atoms with van der Waals surface area (Å²) in [6.45, 7) is 15.0. The molecule has 0 aliphatic rings. The van der Waals surface area contributed by atoms with Crippen LogP contribution in [0.15, 0.2) is 199 Å². The molecule has 400 valence electrons. The van der Waals surface area contributed by atoms with E-state index in [1.165, 1.54) is 0 Å². The van der Waals surface area contributed by atoms with Crippen molar-refractivity contribution in [1.82, 2.24) is 0 Å². The van der Waals surface area contributed by atoms with Gasteiger partial charge in [-0.25, -0.2) is 0 Å². The van der Waals surface area contributed by atoms with Crippen LogP contribution < -0.4 is 51.4 Å². The summed E-state index contributed by atoms with van der Waals surface area (Å²) in [6.07, 6.45) is 0. The zero-order valence-electron chi connectivity index (χ0n) is 42.2. The quantitative estimate of drug-likeness (QED) is 0.0851. The molecule has 0 bridgehead atoms. The van der Waals surface area contributed by atoms with E-state index in [1.54, 1.807) is 146 Å². The Balaban J connectivity index is 1.05. The average Bonchev–Trinajstić information content (AvgIpc) is 3.43. The number of halogens is 4. The normalized spacial score (nSPS) is 13.1. The van der Waals surface area contributed by atoms with Gasteiger partial charge in [0.2, 0.25) is 0 Å². The zero-order chi connectivity index (χ0) is 55.0. The van der Waals surface area contributed by atoms with Crippen LogP contribution in [0.5, 0.6) is 23.0 Å². The second-order valence-electron chi connectivity index (χ2n) is 17.5. The van der Waals surface area contributed by atoms with Crippen LogP contribution in [0.2, 0.25) is 0 Å². The summed E-state index contributed by atoms with van der Waals surface area (Å²) < 4.78 is 142. The Labute approximate surface area is 458 Å². The molecule has 8 aromatic rings. The van der Waals surface area contributed by atoms with E-state index in [0.717, 1.165) is 44.5 Å². The molecular weight excluding hydrogens is 1190 g/mol. The van der Waals surface area contributed by atoms with Gasteiger partial charge in [0, 0.05) is 0 Å². The minimum absolute atomic E-state index is 0.340. The summed E-state index contributed by atoms with van der Waals surface area (Å²) in [4.78, 5) is 3.03. The van der Waals surface area contributed by atoms with Crippen LogP contribution in [-0.2, 0) is 10.1 Å². The number of hydrogen-bond acceptors (Lipinski definition) is 14. The molecule has 0 heterocycles. The van der Waals surface area contributed by atoms with Gasteiger partial charge in [-0.2, -0.15) is 28.0 Å². The van der Waals surface area contributed by atoms with E-state index < -0.39 is 71.6 Å². The van der Waals surface area contributed by atoms with E-state index in [0.29, 0.717) is 59.5 Å². The van der Waals surface area contributed by atoms with E-state index >= 15 is 0 Å². The molecule has 0 saturated carbocycles. The predicted octanol–water partition coefficient (Wildman–Crippen LogP) is 6.33. The maximum absolute atomic E-state index is 12.7. The van der Waals surface area contributed by atoms with Crippen LogP contribution in [0.3, 0.4) is 0 Å². The molecule has 14 nitrogen and oxygen atoms in total. The Morgan fingerprint density at radius 3 is 0.803 bits per heavy atom. The first-order chi connectivity index (χ1) is 35.8. The fourth-order valence-corrected chi connectivity index (χ4v) is 23.4. The van der Waals surface area contributed by atoms with E-state index in [-0.39, 0.29) is 0 Å². The minimum Gasteiger partial charge on any atom is -0.0608 e.